The first-order chi connectivity index (χ1) is 10.0. The lowest BCUT2D eigenvalue weighted by Crippen LogP contribution is -2.43. The summed E-state index contributed by atoms with van der Waals surface area (Å²) in [5.41, 5.74) is 2.00. The minimum absolute atomic E-state index is 0.274. The van der Waals surface area contributed by atoms with Crippen molar-refractivity contribution in [1.82, 2.24) is 10.2 Å². The number of nitrogens with zero attached hydrogens (tertiary/aromatic N) is 2. The van der Waals surface area contributed by atoms with Crippen LogP contribution in [0.15, 0.2) is 5.16 Å². The van der Waals surface area contributed by atoms with Gasteiger partial charge in [0, 0.05) is 38.1 Å². The Balaban J connectivity index is 1.43. The minimum Gasteiger partial charge on any atom is -0.396 e. The van der Waals surface area contributed by atoms with E-state index in [1.807, 2.05) is 0 Å². The highest BCUT2D eigenvalue weighted by molar-refractivity contribution is 5.93. The van der Waals surface area contributed by atoms with Crippen molar-refractivity contribution in [3.8, 4) is 0 Å². The van der Waals surface area contributed by atoms with Crippen molar-refractivity contribution in [1.29, 1.82) is 0 Å². The molecule has 1 heterocycles. The zero-order valence-corrected chi connectivity index (χ0v) is 14.0. The van der Waals surface area contributed by atoms with E-state index in [1.54, 1.807) is 0 Å². The van der Waals surface area contributed by atoms with Gasteiger partial charge < -0.3 is 15.1 Å². The maximum atomic E-state index is 5.67. The summed E-state index contributed by atoms with van der Waals surface area (Å²) in [7, 11) is 0. The summed E-state index contributed by atoms with van der Waals surface area (Å²) < 4.78 is 0. The lowest BCUT2D eigenvalue weighted by Gasteiger charge is -2.34. The van der Waals surface area contributed by atoms with Crippen LogP contribution in [-0.4, -0.2) is 49.9 Å². The maximum absolute atomic E-state index is 5.67. The molecule has 2 bridgehead atoms. The predicted octanol–water partition coefficient (Wildman–Crippen LogP) is 2.50. The van der Waals surface area contributed by atoms with E-state index in [4.69, 9.17) is 4.84 Å². The van der Waals surface area contributed by atoms with Crippen LogP contribution in [0.3, 0.4) is 0 Å². The molecule has 0 radical (unpaired) electrons. The van der Waals surface area contributed by atoms with Gasteiger partial charge in [-0.1, -0.05) is 25.9 Å². The number of nitrogens with one attached hydrogen (secondary N) is 1. The molecule has 1 N–H and O–H groups in total. The highest BCUT2D eigenvalue weighted by Gasteiger charge is 2.60. The summed E-state index contributed by atoms with van der Waals surface area (Å²) in [6, 6.07) is 0. The Kier molecular flexibility index (Phi) is 4.28. The third kappa shape index (κ3) is 2.72. The SMILES string of the molecule is CC1(C)[C@@H]2CC[C@@]1(C)/C(=N/OCCCN1CCNCC1)C2. The average Bonchev–Trinajstić information content (AvgIpc) is 2.81. The van der Waals surface area contributed by atoms with Crippen molar-refractivity contribution in [3.05, 3.63) is 0 Å². The maximum Gasteiger partial charge on any atom is 0.118 e. The van der Waals surface area contributed by atoms with Crippen LogP contribution in [0.5, 0.6) is 0 Å². The van der Waals surface area contributed by atoms with Crippen LogP contribution >= 0.6 is 0 Å². The molecule has 0 amide bonds. The van der Waals surface area contributed by atoms with E-state index < -0.39 is 0 Å². The summed E-state index contributed by atoms with van der Waals surface area (Å²) in [5.74, 6) is 0.811. The fourth-order valence-corrected chi connectivity index (χ4v) is 4.48. The Hall–Kier alpha value is -0.610. The smallest absolute Gasteiger partial charge is 0.118 e. The molecule has 3 rings (SSSR count). The van der Waals surface area contributed by atoms with Crippen LogP contribution in [0.4, 0.5) is 0 Å². The second-order valence-electron chi connectivity index (χ2n) is 7.81. The second kappa shape index (κ2) is 5.88. The van der Waals surface area contributed by atoms with Crippen molar-refractivity contribution >= 4 is 5.71 Å². The van der Waals surface area contributed by atoms with Gasteiger partial charge in [0.15, 0.2) is 0 Å². The van der Waals surface area contributed by atoms with Gasteiger partial charge in [-0.2, -0.15) is 0 Å². The summed E-state index contributed by atoms with van der Waals surface area (Å²) in [4.78, 5) is 8.17. The average molecular weight is 293 g/mol. The van der Waals surface area contributed by atoms with Crippen LogP contribution in [0, 0.1) is 16.7 Å². The first kappa shape index (κ1) is 15.3. The first-order valence-electron chi connectivity index (χ1n) is 8.66. The van der Waals surface area contributed by atoms with E-state index in [1.165, 1.54) is 31.6 Å². The number of oxime groups is 1. The standard InChI is InChI=1S/C17H31N3O/c1-16(2)14-5-6-17(16,3)15(13-14)19-21-12-4-9-20-10-7-18-8-11-20/h14,18H,4-13H2,1-3H3/b19-15+/t14-,17+/m1/s1. The van der Waals surface area contributed by atoms with Gasteiger partial charge >= 0.3 is 0 Å². The van der Waals surface area contributed by atoms with E-state index in [-0.39, 0.29) is 5.41 Å². The number of piperazine rings is 1. The molecule has 2 saturated carbocycles. The molecule has 1 saturated heterocycles. The molecule has 0 unspecified atom stereocenters. The Morgan fingerprint density at radius 1 is 1.29 bits per heavy atom. The lowest BCUT2D eigenvalue weighted by atomic mass is 9.70. The fourth-order valence-electron chi connectivity index (χ4n) is 4.48. The first-order valence-corrected chi connectivity index (χ1v) is 8.66. The van der Waals surface area contributed by atoms with E-state index in [9.17, 15) is 0 Å². The van der Waals surface area contributed by atoms with Gasteiger partial charge in [-0.3, -0.25) is 0 Å². The van der Waals surface area contributed by atoms with E-state index >= 15 is 0 Å². The van der Waals surface area contributed by atoms with Crippen LogP contribution in [0.1, 0.15) is 46.5 Å². The molecule has 4 nitrogen and oxygen atoms in total. The molecule has 0 spiro atoms. The molecule has 2 atom stereocenters. The minimum atomic E-state index is 0.274. The third-order valence-corrected chi connectivity index (χ3v) is 6.61. The Morgan fingerprint density at radius 3 is 2.67 bits per heavy atom. The zero-order chi connectivity index (χ0) is 14.9. The fraction of sp³-hybridized carbons (Fsp3) is 0.941. The molecule has 21 heavy (non-hydrogen) atoms. The number of rotatable bonds is 5. The quantitative estimate of drug-likeness (QED) is 0.625. The zero-order valence-electron chi connectivity index (χ0n) is 14.0. The lowest BCUT2D eigenvalue weighted by molar-refractivity contribution is 0.120. The van der Waals surface area contributed by atoms with Crippen LogP contribution in [-0.2, 0) is 4.84 Å². The second-order valence-corrected chi connectivity index (χ2v) is 7.81. The van der Waals surface area contributed by atoms with Gasteiger partial charge in [0.05, 0.1) is 5.71 Å². The van der Waals surface area contributed by atoms with Gasteiger partial charge in [0.1, 0.15) is 6.61 Å². The largest absolute Gasteiger partial charge is 0.396 e. The van der Waals surface area contributed by atoms with Crippen molar-refractivity contribution in [3.63, 3.8) is 0 Å². The molecule has 3 aliphatic rings. The Morgan fingerprint density at radius 2 is 2.05 bits per heavy atom. The molecule has 0 aromatic heterocycles. The van der Waals surface area contributed by atoms with Crippen molar-refractivity contribution < 1.29 is 4.84 Å². The topological polar surface area (TPSA) is 36.9 Å². The highest BCUT2D eigenvalue weighted by Crippen LogP contribution is 2.63. The van der Waals surface area contributed by atoms with E-state index in [0.717, 1.165) is 45.0 Å². The van der Waals surface area contributed by atoms with Crippen LogP contribution < -0.4 is 5.32 Å². The van der Waals surface area contributed by atoms with Crippen molar-refractivity contribution in [2.75, 3.05) is 39.3 Å². The molecule has 0 aromatic rings. The summed E-state index contributed by atoms with van der Waals surface area (Å²) in [6.45, 7) is 13.7. The number of hydrogen-bond acceptors (Lipinski definition) is 4. The van der Waals surface area contributed by atoms with Gasteiger partial charge in [-0.15, -0.1) is 0 Å². The number of fused-ring (bicyclic) bond motifs is 2. The van der Waals surface area contributed by atoms with Crippen molar-refractivity contribution in [2.45, 2.75) is 46.5 Å². The molecule has 4 heteroatoms. The van der Waals surface area contributed by atoms with Crippen molar-refractivity contribution in [2.24, 2.45) is 21.9 Å². The van der Waals surface area contributed by atoms with Gasteiger partial charge in [0.25, 0.3) is 0 Å². The molecule has 0 aromatic carbocycles. The summed E-state index contributed by atoms with van der Waals surface area (Å²) >= 11 is 0. The van der Waals surface area contributed by atoms with E-state index in [0.29, 0.717) is 5.41 Å². The van der Waals surface area contributed by atoms with Gasteiger partial charge in [-0.05, 0) is 37.0 Å². The summed E-state index contributed by atoms with van der Waals surface area (Å²) in [6.07, 6.45) is 4.89. The molecular formula is C17H31N3O. The predicted molar refractivity (Wildman–Crippen MR) is 86.5 cm³/mol. The molecule has 2 aliphatic carbocycles. The molecule has 1 aliphatic heterocycles. The molecular weight excluding hydrogens is 262 g/mol. The Labute approximate surface area is 129 Å². The van der Waals surface area contributed by atoms with Crippen LogP contribution in [0.2, 0.25) is 0 Å². The molecule has 3 fully saturated rings. The van der Waals surface area contributed by atoms with Crippen LogP contribution in [0.25, 0.3) is 0 Å². The van der Waals surface area contributed by atoms with E-state index in [2.05, 4.69) is 36.1 Å². The third-order valence-electron chi connectivity index (χ3n) is 6.61. The highest BCUT2D eigenvalue weighted by atomic mass is 16.6. The Bertz CT molecular complexity index is 401. The normalized spacial score (nSPS) is 37.3. The van der Waals surface area contributed by atoms with Gasteiger partial charge in [-0.25, -0.2) is 0 Å². The summed E-state index contributed by atoms with van der Waals surface area (Å²) in [5, 5.41) is 7.93. The molecule has 120 valence electrons. The monoisotopic (exact) mass is 293 g/mol. The number of hydrogen-bond donors (Lipinski definition) is 1. The van der Waals surface area contributed by atoms with Gasteiger partial charge in [0.2, 0.25) is 0 Å².